The van der Waals surface area contributed by atoms with Crippen LogP contribution in [0.1, 0.15) is 32.3 Å². The molecule has 0 saturated heterocycles. The zero-order chi connectivity index (χ0) is 14.1. The van der Waals surface area contributed by atoms with Gasteiger partial charge in [0.15, 0.2) is 0 Å². The number of ether oxygens (including phenoxy) is 1. The van der Waals surface area contributed by atoms with E-state index in [-0.39, 0.29) is 0 Å². The molecule has 3 heteroatoms. The lowest BCUT2D eigenvalue weighted by Gasteiger charge is -2.18. The van der Waals surface area contributed by atoms with Crippen molar-refractivity contribution in [3.05, 3.63) is 42.0 Å². The molecule has 1 aromatic rings. The lowest BCUT2D eigenvalue weighted by Crippen LogP contribution is -2.23. The topological polar surface area (TPSA) is 46.5 Å². The lowest BCUT2D eigenvalue weighted by molar-refractivity contribution is -0.147. The second kappa shape index (κ2) is 7.74. The summed E-state index contributed by atoms with van der Waals surface area (Å²) in [6, 6.07) is 10.0. The molecule has 0 atom stereocenters. The second-order valence-electron chi connectivity index (χ2n) is 5.18. The normalized spacial score (nSPS) is 11.9. The molecular weight excluding hydrogens is 240 g/mol. The van der Waals surface area contributed by atoms with Gasteiger partial charge in [-0.2, -0.15) is 0 Å². The Morgan fingerprint density at radius 2 is 2.00 bits per heavy atom. The van der Waals surface area contributed by atoms with Crippen LogP contribution < -0.4 is 0 Å². The Balaban J connectivity index is 2.12. The highest BCUT2D eigenvalue weighted by Gasteiger charge is 2.25. The Hall–Kier alpha value is -1.61. The number of hydrogen-bond donors (Lipinski definition) is 1. The fourth-order valence-corrected chi connectivity index (χ4v) is 1.62. The molecule has 0 saturated carbocycles. The van der Waals surface area contributed by atoms with Gasteiger partial charge >= 0.3 is 5.97 Å². The van der Waals surface area contributed by atoms with Crippen LogP contribution in [-0.4, -0.2) is 24.3 Å². The van der Waals surface area contributed by atoms with Crippen molar-refractivity contribution >= 4 is 12.0 Å². The van der Waals surface area contributed by atoms with Crippen molar-refractivity contribution in [2.45, 2.75) is 26.7 Å². The number of rotatable bonds is 8. The van der Waals surface area contributed by atoms with Crippen LogP contribution in [0.2, 0.25) is 0 Å². The molecule has 0 aromatic heterocycles. The number of benzene rings is 1. The van der Waals surface area contributed by atoms with E-state index in [0.717, 1.165) is 12.0 Å². The number of carboxylic acid groups (broad SMARTS) is 1. The van der Waals surface area contributed by atoms with E-state index in [2.05, 4.69) is 0 Å². The summed E-state index contributed by atoms with van der Waals surface area (Å²) in [5, 5.41) is 8.96. The van der Waals surface area contributed by atoms with Crippen LogP contribution in [0.25, 0.3) is 6.08 Å². The number of carbonyl (C=O) groups is 1. The molecule has 0 heterocycles. The first-order valence-electron chi connectivity index (χ1n) is 6.55. The van der Waals surface area contributed by atoms with E-state index in [1.54, 1.807) is 13.8 Å². The van der Waals surface area contributed by atoms with Gasteiger partial charge in [0.1, 0.15) is 0 Å². The van der Waals surface area contributed by atoms with Crippen molar-refractivity contribution in [2.24, 2.45) is 5.41 Å². The zero-order valence-corrected chi connectivity index (χ0v) is 11.6. The van der Waals surface area contributed by atoms with E-state index >= 15 is 0 Å². The summed E-state index contributed by atoms with van der Waals surface area (Å²) in [4.78, 5) is 10.9. The third-order valence-electron chi connectivity index (χ3n) is 2.99. The maximum Gasteiger partial charge on any atom is 0.309 e. The van der Waals surface area contributed by atoms with Crippen molar-refractivity contribution < 1.29 is 14.6 Å². The summed E-state index contributed by atoms with van der Waals surface area (Å²) in [5.74, 6) is -0.753. The molecule has 1 aromatic carbocycles. The Morgan fingerprint density at radius 3 is 2.63 bits per heavy atom. The summed E-state index contributed by atoms with van der Waals surface area (Å²) >= 11 is 0. The van der Waals surface area contributed by atoms with Gasteiger partial charge in [-0.3, -0.25) is 4.79 Å². The first-order chi connectivity index (χ1) is 9.02. The smallest absolute Gasteiger partial charge is 0.309 e. The standard InChI is InChI=1S/C16H22O3/c1-16(2,15(17)18)11-7-13-19-12-6-10-14-8-4-3-5-9-14/h3-6,8-10H,7,11-13H2,1-2H3,(H,17,18). The molecule has 19 heavy (non-hydrogen) atoms. The van der Waals surface area contributed by atoms with Crippen LogP contribution in [0.15, 0.2) is 36.4 Å². The SMILES string of the molecule is CC(C)(CCCOCC=Cc1ccccc1)C(=O)O. The molecule has 1 N–H and O–H groups in total. The minimum atomic E-state index is -0.753. The quantitative estimate of drug-likeness (QED) is 0.728. The van der Waals surface area contributed by atoms with Gasteiger partial charge in [0.2, 0.25) is 0 Å². The van der Waals surface area contributed by atoms with Crippen LogP contribution >= 0.6 is 0 Å². The summed E-state index contributed by atoms with van der Waals surface area (Å²) in [5.41, 5.74) is 0.488. The molecule has 0 amide bonds. The fraction of sp³-hybridized carbons (Fsp3) is 0.438. The minimum Gasteiger partial charge on any atom is -0.481 e. The molecule has 0 aliphatic heterocycles. The van der Waals surface area contributed by atoms with E-state index in [9.17, 15) is 4.79 Å². The summed E-state index contributed by atoms with van der Waals surface area (Å²) in [7, 11) is 0. The van der Waals surface area contributed by atoms with E-state index in [0.29, 0.717) is 19.6 Å². The van der Waals surface area contributed by atoms with Gasteiger partial charge in [0.25, 0.3) is 0 Å². The maximum atomic E-state index is 10.9. The maximum absolute atomic E-state index is 10.9. The largest absolute Gasteiger partial charge is 0.481 e. The highest BCUT2D eigenvalue weighted by Crippen LogP contribution is 2.22. The average molecular weight is 262 g/mol. The molecule has 0 aliphatic carbocycles. The molecule has 0 fully saturated rings. The van der Waals surface area contributed by atoms with Crippen LogP contribution in [0.3, 0.4) is 0 Å². The molecule has 0 bridgehead atoms. The van der Waals surface area contributed by atoms with E-state index < -0.39 is 11.4 Å². The predicted octanol–water partition coefficient (Wildman–Crippen LogP) is 3.61. The Kier molecular flexibility index (Phi) is 6.30. The number of carboxylic acids is 1. The molecule has 104 valence electrons. The van der Waals surface area contributed by atoms with Gasteiger partial charge in [0, 0.05) is 6.61 Å². The number of hydrogen-bond acceptors (Lipinski definition) is 2. The highest BCUT2D eigenvalue weighted by atomic mass is 16.5. The van der Waals surface area contributed by atoms with Crippen molar-refractivity contribution in [1.29, 1.82) is 0 Å². The Labute approximate surface area is 114 Å². The summed E-state index contributed by atoms with van der Waals surface area (Å²) in [6.07, 6.45) is 5.38. The minimum absolute atomic E-state index is 0.558. The molecular formula is C16H22O3. The third kappa shape index (κ3) is 6.20. The average Bonchev–Trinajstić information content (AvgIpc) is 2.38. The predicted molar refractivity (Wildman–Crippen MR) is 76.9 cm³/mol. The van der Waals surface area contributed by atoms with Gasteiger partial charge in [-0.1, -0.05) is 42.5 Å². The number of aliphatic carboxylic acids is 1. The van der Waals surface area contributed by atoms with Gasteiger partial charge < -0.3 is 9.84 Å². The Morgan fingerprint density at radius 1 is 1.32 bits per heavy atom. The monoisotopic (exact) mass is 262 g/mol. The first-order valence-corrected chi connectivity index (χ1v) is 6.55. The van der Waals surface area contributed by atoms with Crippen LogP contribution in [0.5, 0.6) is 0 Å². The van der Waals surface area contributed by atoms with Crippen molar-refractivity contribution in [1.82, 2.24) is 0 Å². The molecule has 0 aliphatic rings. The van der Waals surface area contributed by atoms with E-state index in [4.69, 9.17) is 9.84 Å². The van der Waals surface area contributed by atoms with E-state index in [1.807, 2.05) is 42.5 Å². The fourth-order valence-electron chi connectivity index (χ4n) is 1.62. The third-order valence-corrected chi connectivity index (χ3v) is 2.99. The molecule has 0 radical (unpaired) electrons. The van der Waals surface area contributed by atoms with E-state index in [1.165, 1.54) is 0 Å². The summed E-state index contributed by atoms with van der Waals surface area (Å²) in [6.45, 7) is 4.63. The zero-order valence-electron chi connectivity index (χ0n) is 11.6. The van der Waals surface area contributed by atoms with Crippen LogP contribution in [0, 0.1) is 5.41 Å². The van der Waals surface area contributed by atoms with Gasteiger partial charge in [-0.25, -0.2) is 0 Å². The highest BCUT2D eigenvalue weighted by molar-refractivity contribution is 5.73. The molecule has 0 spiro atoms. The molecule has 3 nitrogen and oxygen atoms in total. The molecule has 1 rings (SSSR count). The molecule has 0 unspecified atom stereocenters. The van der Waals surface area contributed by atoms with Gasteiger partial charge in [0.05, 0.1) is 12.0 Å². The Bertz CT molecular complexity index is 407. The van der Waals surface area contributed by atoms with Gasteiger partial charge in [-0.15, -0.1) is 0 Å². The lowest BCUT2D eigenvalue weighted by atomic mass is 9.88. The van der Waals surface area contributed by atoms with Gasteiger partial charge in [-0.05, 0) is 32.3 Å². The van der Waals surface area contributed by atoms with Crippen molar-refractivity contribution in [3.8, 4) is 0 Å². The summed E-state index contributed by atoms with van der Waals surface area (Å²) < 4.78 is 5.45. The van der Waals surface area contributed by atoms with Crippen LogP contribution in [0.4, 0.5) is 0 Å². The second-order valence-corrected chi connectivity index (χ2v) is 5.18. The van der Waals surface area contributed by atoms with Crippen LogP contribution in [-0.2, 0) is 9.53 Å². The van der Waals surface area contributed by atoms with Crippen molar-refractivity contribution in [3.63, 3.8) is 0 Å². The van der Waals surface area contributed by atoms with Crippen molar-refractivity contribution in [2.75, 3.05) is 13.2 Å². The first kappa shape index (κ1) is 15.4.